The van der Waals surface area contributed by atoms with Gasteiger partial charge >= 0.3 is 13.6 Å². The Balaban J connectivity index is 0. The van der Waals surface area contributed by atoms with Gasteiger partial charge in [-0.1, -0.05) is 34.9 Å². The van der Waals surface area contributed by atoms with Crippen molar-refractivity contribution in [2.45, 2.75) is 74.1 Å². The van der Waals surface area contributed by atoms with Crippen molar-refractivity contribution in [3.05, 3.63) is 34.9 Å². The maximum Gasteiger partial charge on any atom is 0.340 e. The van der Waals surface area contributed by atoms with Crippen LogP contribution >= 0.6 is 7.60 Å². The van der Waals surface area contributed by atoms with Crippen LogP contribution in [0, 0.1) is 5.41 Å². The maximum atomic E-state index is 11.9. The Kier molecular flexibility index (Phi) is 18.4. The zero-order chi connectivity index (χ0) is 24.8. The predicted molar refractivity (Wildman–Crippen MR) is 131 cm³/mol. The van der Waals surface area contributed by atoms with Crippen molar-refractivity contribution in [2.24, 2.45) is 5.41 Å². The summed E-state index contributed by atoms with van der Waals surface area (Å²) in [5.74, 6) is -1.39. The van der Waals surface area contributed by atoms with E-state index in [1.165, 1.54) is 11.1 Å². The number of hydroxylamine groups is 1. The smallest absolute Gasteiger partial charge is 0.340 e. The van der Waals surface area contributed by atoms with Crippen LogP contribution in [0.5, 0.6) is 0 Å². The molecule has 1 radical (unpaired) electrons. The summed E-state index contributed by atoms with van der Waals surface area (Å²) in [5, 5.41) is 0. The Morgan fingerprint density at radius 1 is 0.970 bits per heavy atom. The first kappa shape index (κ1) is 34.4. The quantitative estimate of drug-likeness (QED) is 0.0674. The fraction of sp³-hybridized carbons (Fsp3) is 0.652. The van der Waals surface area contributed by atoms with Crippen molar-refractivity contribution < 1.29 is 33.1 Å². The molecule has 0 aromatic heterocycles. The van der Waals surface area contributed by atoms with Gasteiger partial charge in [-0.05, 0) is 74.1 Å². The Labute approximate surface area is 221 Å². The molecule has 0 spiro atoms. The summed E-state index contributed by atoms with van der Waals surface area (Å²) in [6.07, 6.45) is 9.42. The number of esters is 1. The van der Waals surface area contributed by atoms with E-state index in [9.17, 15) is 19.0 Å². The van der Waals surface area contributed by atoms with Gasteiger partial charge in [0.05, 0.1) is 12.0 Å². The van der Waals surface area contributed by atoms with Gasteiger partial charge in [0.25, 0.3) is 5.91 Å². The summed E-state index contributed by atoms with van der Waals surface area (Å²) < 4.78 is 21.3. The maximum absolute atomic E-state index is 11.9. The average molecular weight is 497 g/mol. The van der Waals surface area contributed by atoms with Crippen LogP contribution in [-0.4, -0.2) is 65.9 Å². The molecular weight excluding hydrogens is 456 g/mol. The Bertz CT molecular complexity index is 750. The van der Waals surface area contributed by atoms with E-state index in [1.807, 2.05) is 13.0 Å². The number of ether oxygens (including phenoxy) is 1. The zero-order valence-corrected chi connectivity index (χ0v) is 24.4. The third-order valence-electron chi connectivity index (χ3n) is 4.22. The molecule has 0 bridgehead atoms. The van der Waals surface area contributed by atoms with Gasteiger partial charge in [0.1, 0.15) is 6.16 Å². The summed E-state index contributed by atoms with van der Waals surface area (Å²) >= 11 is 0. The summed E-state index contributed by atoms with van der Waals surface area (Å²) in [6.45, 7) is 12.7. The van der Waals surface area contributed by atoms with Crippen LogP contribution in [0.1, 0.15) is 74.1 Å². The molecule has 0 aliphatic rings. The van der Waals surface area contributed by atoms with Crippen LogP contribution in [0.15, 0.2) is 34.9 Å². The first-order chi connectivity index (χ1) is 14.7. The van der Waals surface area contributed by atoms with Crippen molar-refractivity contribution >= 4 is 49.0 Å². The Morgan fingerprint density at radius 2 is 1.52 bits per heavy atom. The van der Waals surface area contributed by atoms with Crippen molar-refractivity contribution in [1.82, 2.24) is 5.48 Å². The summed E-state index contributed by atoms with van der Waals surface area (Å²) in [4.78, 5) is 38.0. The molecule has 0 aliphatic carbocycles. The van der Waals surface area contributed by atoms with Crippen molar-refractivity contribution in [3.8, 4) is 0 Å². The molecule has 0 rings (SSSR count). The Hall–Kier alpha value is -0.730. The van der Waals surface area contributed by atoms with Crippen LogP contribution < -0.4 is 5.48 Å². The van der Waals surface area contributed by atoms with Gasteiger partial charge in [0.2, 0.25) is 6.79 Å². The molecule has 0 aliphatic heterocycles. The standard InChI is InChI=1S/C23H40NO7P.Na/c1-18(2)10-8-11-19(3)12-9-13-20(4)14-15-30-24-21(25)16-32(27,28)31-17-29-22(26)23(5,6)7;/h10,12,14H,8-9,11,13,15-17H2,1-7H3,(H,24,25)(H,27,28);/b19-12+,20-14+;. The average Bonchev–Trinajstić information content (AvgIpc) is 2.63. The molecule has 1 atom stereocenters. The van der Waals surface area contributed by atoms with Gasteiger partial charge in [-0.2, -0.15) is 0 Å². The van der Waals surface area contributed by atoms with Crippen LogP contribution in [0.25, 0.3) is 0 Å². The van der Waals surface area contributed by atoms with E-state index in [1.54, 1.807) is 20.8 Å². The molecule has 0 fully saturated rings. The second kappa shape index (κ2) is 17.7. The number of hydrogen-bond acceptors (Lipinski definition) is 6. The van der Waals surface area contributed by atoms with E-state index < -0.39 is 37.8 Å². The number of allylic oxidation sites excluding steroid dienone is 5. The topological polar surface area (TPSA) is 111 Å². The molecule has 8 nitrogen and oxygen atoms in total. The third-order valence-corrected chi connectivity index (χ3v) is 5.42. The number of amides is 1. The minimum absolute atomic E-state index is 0. The van der Waals surface area contributed by atoms with Crippen molar-refractivity contribution in [1.29, 1.82) is 0 Å². The SMILES string of the molecule is CC(C)=CCC/C(C)=C/CC/C(C)=C/CONC(=O)CP(=O)(O)OCOC(=O)C(C)(C)C.[Na]. The minimum Gasteiger partial charge on any atom is -0.438 e. The molecule has 1 unspecified atom stereocenters. The van der Waals surface area contributed by atoms with E-state index in [2.05, 4.69) is 42.9 Å². The number of carbonyl (C=O) groups is 2. The molecule has 0 aromatic rings. The molecule has 0 aromatic carbocycles. The van der Waals surface area contributed by atoms with Crippen LogP contribution in [0.4, 0.5) is 0 Å². The van der Waals surface area contributed by atoms with Crippen molar-refractivity contribution in [3.63, 3.8) is 0 Å². The monoisotopic (exact) mass is 496 g/mol. The largest absolute Gasteiger partial charge is 0.438 e. The van der Waals surface area contributed by atoms with E-state index in [-0.39, 0.29) is 36.2 Å². The first-order valence-electron chi connectivity index (χ1n) is 10.7. The normalized spacial score (nSPS) is 14.1. The fourth-order valence-electron chi connectivity index (χ4n) is 2.28. The molecular formula is C23H40NNaO7P. The van der Waals surface area contributed by atoms with E-state index in [0.717, 1.165) is 31.3 Å². The molecule has 10 heteroatoms. The minimum atomic E-state index is -4.26. The molecule has 185 valence electrons. The second-order valence-corrected chi connectivity index (χ2v) is 10.9. The second-order valence-electron chi connectivity index (χ2n) is 9.02. The van der Waals surface area contributed by atoms with Gasteiger partial charge in [-0.3, -0.25) is 23.5 Å². The van der Waals surface area contributed by atoms with Crippen molar-refractivity contribution in [2.75, 3.05) is 19.6 Å². The molecule has 0 heterocycles. The summed E-state index contributed by atoms with van der Waals surface area (Å²) in [6, 6.07) is 0. The van der Waals surface area contributed by atoms with E-state index in [0.29, 0.717) is 0 Å². The third kappa shape index (κ3) is 20.4. The Morgan fingerprint density at radius 3 is 2.06 bits per heavy atom. The van der Waals surface area contributed by atoms with Gasteiger partial charge in [-0.25, -0.2) is 5.48 Å². The van der Waals surface area contributed by atoms with Crippen LogP contribution in [0.3, 0.4) is 0 Å². The summed E-state index contributed by atoms with van der Waals surface area (Å²) in [5.41, 5.74) is 5.15. The number of rotatable bonds is 14. The fourth-order valence-corrected chi connectivity index (χ4v) is 3.02. The molecule has 2 N–H and O–H groups in total. The zero-order valence-electron chi connectivity index (χ0n) is 21.5. The van der Waals surface area contributed by atoms with Gasteiger partial charge in [0.15, 0.2) is 0 Å². The van der Waals surface area contributed by atoms with Gasteiger partial charge in [0, 0.05) is 29.6 Å². The first-order valence-corrected chi connectivity index (χ1v) is 12.5. The number of nitrogens with one attached hydrogen (secondary N) is 1. The van der Waals surface area contributed by atoms with Gasteiger partial charge < -0.3 is 9.63 Å². The molecule has 0 saturated heterocycles. The van der Waals surface area contributed by atoms with Crippen LogP contribution in [0.2, 0.25) is 0 Å². The van der Waals surface area contributed by atoms with E-state index >= 15 is 0 Å². The molecule has 0 saturated carbocycles. The number of hydrogen-bond donors (Lipinski definition) is 2. The molecule has 33 heavy (non-hydrogen) atoms. The van der Waals surface area contributed by atoms with Crippen LogP contribution in [-0.2, 0) is 28.3 Å². The van der Waals surface area contributed by atoms with E-state index in [4.69, 9.17) is 9.57 Å². The molecule has 1 amide bonds. The number of carbonyl (C=O) groups excluding carboxylic acids is 2. The van der Waals surface area contributed by atoms with Gasteiger partial charge in [-0.15, -0.1) is 0 Å². The predicted octanol–water partition coefficient (Wildman–Crippen LogP) is 4.82. The summed E-state index contributed by atoms with van der Waals surface area (Å²) in [7, 11) is -4.26.